The number of carbonyl (C=O) groups is 1. The van der Waals surface area contributed by atoms with Gasteiger partial charge in [0.05, 0.1) is 5.69 Å². The van der Waals surface area contributed by atoms with Crippen LogP contribution in [0.1, 0.15) is 33.2 Å². The van der Waals surface area contributed by atoms with Crippen LogP contribution in [0.25, 0.3) is 0 Å². The van der Waals surface area contributed by atoms with E-state index in [1.165, 1.54) is 11.3 Å². The third-order valence-corrected chi connectivity index (χ3v) is 5.37. The maximum atomic E-state index is 12.4. The molecule has 1 saturated carbocycles. The third kappa shape index (κ3) is 4.26. The quantitative estimate of drug-likeness (QED) is 0.790. The van der Waals surface area contributed by atoms with Gasteiger partial charge in [0.2, 0.25) is 0 Å². The molecule has 0 aliphatic heterocycles. The molecular formula is C17H20ClN3O2S. The Morgan fingerprint density at radius 3 is 2.79 bits per heavy atom. The Bertz CT molecular complexity index is 713. The minimum Gasteiger partial charge on any atom is -0.486 e. The first kappa shape index (κ1) is 17.2. The molecule has 0 saturated heterocycles. The number of aromatic nitrogens is 1. The number of amides is 1. The summed E-state index contributed by atoms with van der Waals surface area (Å²) >= 11 is 7.21. The third-order valence-electron chi connectivity index (χ3n) is 3.98. The number of ether oxygens (including phenoxy) is 1. The van der Waals surface area contributed by atoms with Crippen molar-refractivity contribution in [1.29, 1.82) is 0 Å². The van der Waals surface area contributed by atoms with Gasteiger partial charge < -0.3 is 15.8 Å². The number of nitrogens with one attached hydrogen (secondary N) is 1. The summed E-state index contributed by atoms with van der Waals surface area (Å²) in [7, 11) is 0. The van der Waals surface area contributed by atoms with Gasteiger partial charge in [-0.3, -0.25) is 4.79 Å². The van der Waals surface area contributed by atoms with E-state index in [4.69, 9.17) is 22.1 Å². The molecule has 5 nitrogen and oxygen atoms in total. The molecule has 1 amide bonds. The fourth-order valence-corrected chi connectivity index (χ4v) is 3.51. The van der Waals surface area contributed by atoms with Gasteiger partial charge in [-0.25, -0.2) is 4.98 Å². The van der Waals surface area contributed by atoms with Gasteiger partial charge in [0.15, 0.2) is 0 Å². The summed E-state index contributed by atoms with van der Waals surface area (Å²) in [6.07, 6.45) is 2.29. The molecule has 1 unspecified atom stereocenters. The van der Waals surface area contributed by atoms with E-state index in [1.807, 2.05) is 6.92 Å². The van der Waals surface area contributed by atoms with Crippen LogP contribution in [0.2, 0.25) is 5.02 Å². The number of nitrogens with zero attached hydrogens (tertiary/aromatic N) is 1. The summed E-state index contributed by atoms with van der Waals surface area (Å²) in [5, 5.41) is 4.46. The Morgan fingerprint density at radius 2 is 2.17 bits per heavy atom. The van der Waals surface area contributed by atoms with Gasteiger partial charge in [0.1, 0.15) is 22.2 Å². The van der Waals surface area contributed by atoms with Crippen molar-refractivity contribution in [2.45, 2.75) is 32.4 Å². The Balaban J connectivity index is 1.61. The molecule has 0 radical (unpaired) electrons. The number of benzene rings is 1. The normalized spacial score (nSPS) is 15.1. The van der Waals surface area contributed by atoms with Crippen molar-refractivity contribution in [1.82, 2.24) is 10.3 Å². The van der Waals surface area contributed by atoms with Crippen molar-refractivity contribution < 1.29 is 9.53 Å². The molecule has 2 aromatic rings. The summed E-state index contributed by atoms with van der Waals surface area (Å²) in [6, 6.07) is 7.21. The number of thiazole rings is 1. The lowest BCUT2D eigenvalue weighted by Gasteiger charge is -2.15. The molecule has 1 aliphatic carbocycles. The molecule has 1 atom stereocenters. The van der Waals surface area contributed by atoms with Crippen LogP contribution >= 0.6 is 22.9 Å². The second kappa shape index (κ2) is 7.51. The topological polar surface area (TPSA) is 77.2 Å². The second-order valence-corrected chi connectivity index (χ2v) is 7.44. The van der Waals surface area contributed by atoms with Gasteiger partial charge in [0, 0.05) is 17.6 Å². The Labute approximate surface area is 150 Å². The molecule has 3 rings (SSSR count). The van der Waals surface area contributed by atoms with Crippen LogP contribution < -0.4 is 15.8 Å². The minimum atomic E-state index is -0.0925. The van der Waals surface area contributed by atoms with Gasteiger partial charge >= 0.3 is 0 Å². The Morgan fingerprint density at radius 1 is 1.46 bits per heavy atom. The number of aryl methyl sites for hydroxylation is 1. The first-order valence-electron chi connectivity index (χ1n) is 7.92. The number of hydrogen-bond donors (Lipinski definition) is 2. The van der Waals surface area contributed by atoms with E-state index in [0.29, 0.717) is 29.0 Å². The van der Waals surface area contributed by atoms with Gasteiger partial charge in [-0.05, 0) is 49.9 Å². The zero-order chi connectivity index (χ0) is 17.1. The minimum absolute atomic E-state index is 0.0627. The maximum Gasteiger partial charge on any atom is 0.263 e. The highest BCUT2D eigenvalue weighted by atomic mass is 35.5. The Hall–Kier alpha value is -1.63. The summed E-state index contributed by atoms with van der Waals surface area (Å²) in [5.74, 6) is 1.15. The fraction of sp³-hybridized carbons (Fsp3) is 0.412. The van der Waals surface area contributed by atoms with Crippen LogP contribution in [0.4, 0.5) is 0 Å². The fourth-order valence-electron chi connectivity index (χ4n) is 2.50. The van der Waals surface area contributed by atoms with E-state index in [-0.39, 0.29) is 11.9 Å². The van der Waals surface area contributed by atoms with Crippen LogP contribution in [-0.4, -0.2) is 23.5 Å². The largest absolute Gasteiger partial charge is 0.486 e. The molecule has 128 valence electrons. The molecule has 1 aromatic heterocycles. The predicted molar refractivity (Wildman–Crippen MR) is 95.7 cm³/mol. The van der Waals surface area contributed by atoms with Gasteiger partial charge in [-0.2, -0.15) is 0 Å². The van der Waals surface area contributed by atoms with Gasteiger partial charge in [-0.15, -0.1) is 11.3 Å². The molecule has 24 heavy (non-hydrogen) atoms. The highest BCUT2D eigenvalue weighted by Gasteiger charge is 2.32. The number of carbonyl (C=O) groups excluding carboxylic acids is 1. The number of halogens is 1. The van der Waals surface area contributed by atoms with E-state index >= 15 is 0 Å². The summed E-state index contributed by atoms with van der Waals surface area (Å²) in [6.45, 7) is 2.63. The first-order chi connectivity index (χ1) is 11.6. The molecule has 7 heteroatoms. The highest BCUT2D eigenvalue weighted by Crippen LogP contribution is 2.32. The molecule has 0 spiro atoms. The van der Waals surface area contributed by atoms with Crippen molar-refractivity contribution >= 4 is 28.8 Å². The average molecular weight is 366 g/mol. The molecular weight excluding hydrogens is 346 g/mol. The van der Waals surface area contributed by atoms with Crippen LogP contribution in [0.5, 0.6) is 5.75 Å². The van der Waals surface area contributed by atoms with Gasteiger partial charge in [-0.1, -0.05) is 11.6 Å². The lowest BCUT2D eigenvalue weighted by atomic mass is 10.2. The van der Waals surface area contributed by atoms with E-state index in [2.05, 4.69) is 10.3 Å². The van der Waals surface area contributed by atoms with Crippen LogP contribution in [0.15, 0.2) is 24.3 Å². The monoisotopic (exact) mass is 365 g/mol. The maximum absolute atomic E-state index is 12.4. The second-order valence-electron chi connectivity index (χ2n) is 5.92. The smallest absolute Gasteiger partial charge is 0.263 e. The summed E-state index contributed by atoms with van der Waals surface area (Å²) in [4.78, 5) is 17.5. The zero-order valence-electron chi connectivity index (χ0n) is 13.4. The molecule has 1 aromatic carbocycles. The molecule has 1 heterocycles. The van der Waals surface area contributed by atoms with E-state index in [1.54, 1.807) is 24.3 Å². The van der Waals surface area contributed by atoms with Crippen LogP contribution in [-0.2, 0) is 6.61 Å². The van der Waals surface area contributed by atoms with Crippen molar-refractivity contribution in [3.63, 3.8) is 0 Å². The van der Waals surface area contributed by atoms with Crippen molar-refractivity contribution in [2.75, 3.05) is 6.54 Å². The SMILES string of the molecule is Cc1nc(COc2ccc(Cl)cc2)sc1C(=O)NC(CN)C1CC1. The number of rotatable bonds is 7. The molecule has 3 N–H and O–H groups in total. The van der Waals surface area contributed by atoms with Crippen molar-refractivity contribution in [2.24, 2.45) is 11.7 Å². The zero-order valence-corrected chi connectivity index (χ0v) is 15.0. The van der Waals surface area contributed by atoms with E-state index in [0.717, 1.165) is 29.3 Å². The molecule has 1 fully saturated rings. The van der Waals surface area contributed by atoms with E-state index < -0.39 is 0 Å². The van der Waals surface area contributed by atoms with Crippen LogP contribution in [0, 0.1) is 12.8 Å². The standard InChI is InChI=1S/C17H20ClN3O2S/c1-10-16(17(22)21-14(8-19)11-2-3-11)24-15(20-10)9-23-13-6-4-12(18)5-7-13/h4-7,11,14H,2-3,8-9,19H2,1H3,(H,21,22). The Kier molecular flexibility index (Phi) is 5.38. The van der Waals surface area contributed by atoms with Crippen LogP contribution in [0.3, 0.4) is 0 Å². The van der Waals surface area contributed by atoms with Crippen molar-refractivity contribution in [3.05, 3.63) is 44.9 Å². The van der Waals surface area contributed by atoms with Gasteiger partial charge in [0.25, 0.3) is 5.91 Å². The number of nitrogens with two attached hydrogens (primary N) is 1. The summed E-state index contributed by atoms with van der Waals surface area (Å²) in [5.41, 5.74) is 6.47. The van der Waals surface area contributed by atoms with E-state index in [9.17, 15) is 4.79 Å². The first-order valence-corrected chi connectivity index (χ1v) is 9.12. The highest BCUT2D eigenvalue weighted by molar-refractivity contribution is 7.13. The number of hydrogen-bond acceptors (Lipinski definition) is 5. The molecule has 0 bridgehead atoms. The molecule has 1 aliphatic rings. The summed E-state index contributed by atoms with van der Waals surface area (Å²) < 4.78 is 5.68. The van der Waals surface area contributed by atoms with Crippen molar-refractivity contribution in [3.8, 4) is 5.75 Å². The lowest BCUT2D eigenvalue weighted by Crippen LogP contribution is -2.41. The lowest BCUT2D eigenvalue weighted by molar-refractivity contribution is 0.0937. The average Bonchev–Trinajstić information content (AvgIpc) is 3.34. The predicted octanol–water partition coefficient (Wildman–Crippen LogP) is 3.15.